The van der Waals surface area contributed by atoms with Gasteiger partial charge in [-0.1, -0.05) is 30.3 Å². The maximum atomic E-state index is 11.9. The lowest BCUT2D eigenvalue weighted by atomic mass is 10.2. The molecular weight excluding hydrogens is 278 g/mol. The van der Waals surface area contributed by atoms with Crippen molar-refractivity contribution in [3.05, 3.63) is 59.7 Å². The SMILES string of the molecule is Cc1ccccc1NC(=O)CC(=O)Nc1ccccc1C#N. The molecule has 2 aromatic carbocycles. The zero-order valence-corrected chi connectivity index (χ0v) is 12.1. The molecule has 0 unspecified atom stereocenters. The summed E-state index contributed by atoms with van der Waals surface area (Å²) in [6.07, 6.45) is -0.311. The predicted octanol–water partition coefficient (Wildman–Crippen LogP) is 2.83. The van der Waals surface area contributed by atoms with E-state index in [9.17, 15) is 9.59 Å². The van der Waals surface area contributed by atoms with Crippen LogP contribution < -0.4 is 10.6 Å². The lowest BCUT2D eigenvalue weighted by Crippen LogP contribution is -2.22. The van der Waals surface area contributed by atoms with Gasteiger partial charge in [0.05, 0.1) is 11.3 Å². The summed E-state index contributed by atoms with van der Waals surface area (Å²) in [7, 11) is 0. The minimum atomic E-state index is -0.464. The zero-order chi connectivity index (χ0) is 15.9. The number of nitrogens with zero attached hydrogens (tertiary/aromatic N) is 1. The van der Waals surface area contributed by atoms with Crippen LogP contribution in [0.2, 0.25) is 0 Å². The maximum Gasteiger partial charge on any atom is 0.233 e. The Balaban J connectivity index is 1.96. The van der Waals surface area contributed by atoms with E-state index >= 15 is 0 Å². The highest BCUT2D eigenvalue weighted by Gasteiger charge is 2.12. The fraction of sp³-hybridized carbons (Fsp3) is 0.118. The second kappa shape index (κ2) is 7.04. The molecule has 2 rings (SSSR count). The summed E-state index contributed by atoms with van der Waals surface area (Å²) in [6, 6.07) is 16.0. The summed E-state index contributed by atoms with van der Waals surface area (Å²) in [5.74, 6) is -0.866. The molecular formula is C17H15N3O2. The fourth-order valence-corrected chi connectivity index (χ4v) is 1.94. The summed E-state index contributed by atoms with van der Waals surface area (Å²) < 4.78 is 0. The molecule has 0 fully saturated rings. The number of aryl methyl sites for hydroxylation is 1. The molecule has 2 aromatic rings. The first-order valence-electron chi connectivity index (χ1n) is 6.74. The van der Waals surface area contributed by atoms with Gasteiger partial charge in [-0.25, -0.2) is 0 Å². The Kier molecular flexibility index (Phi) is 4.89. The minimum Gasteiger partial charge on any atom is -0.325 e. The van der Waals surface area contributed by atoms with Crippen molar-refractivity contribution in [3.8, 4) is 6.07 Å². The molecule has 0 aromatic heterocycles. The molecule has 0 saturated heterocycles. The Morgan fingerprint density at radius 2 is 1.50 bits per heavy atom. The van der Waals surface area contributed by atoms with Crippen LogP contribution in [0.5, 0.6) is 0 Å². The number of carbonyl (C=O) groups is 2. The average molecular weight is 293 g/mol. The highest BCUT2D eigenvalue weighted by atomic mass is 16.2. The molecule has 0 spiro atoms. The molecule has 0 bridgehead atoms. The zero-order valence-electron chi connectivity index (χ0n) is 12.1. The van der Waals surface area contributed by atoms with Gasteiger partial charge in [-0.2, -0.15) is 5.26 Å². The van der Waals surface area contributed by atoms with Gasteiger partial charge in [0.25, 0.3) is 0 Å². The fourth-order valence-electron chi connectivity index (χ4n) is 1.94. The Morgan fingerprint density at radius 1 is 0.955 bits per heavy atom. The van der Waals surface area contributed by atoms with Crippen LogP contribution in [0.1, 0.15) is 17.5 Å². The van der Waals surface area contributed by atoms with E-state index < -0.39 is 11.8 Å². The molecule has 5 nitrogen and oxygen atoms in total. The van der Waals surface area contributed by atoms with Gasteiger partial charge in [0.1, 0.15) is 12.5 Å². The molecule has 0 atom stereocenters. The number of hydrogen-bond donors (Lipinski definition) is 2. The van der Waals surface area contributed by atoms with Crippen LogP contribution in [0.15, 0.2) is 48.5 Å². The van der Waals surface area contributed by atoms with Crippen molar-refractivity contribution < 1.29 is 9.59 Å². The van der Waals surface area contributed by atoms with Crippen LogP contribution in [-0.2, 0) is 9.59 Å². The van der Waals surface area contributed by atoms with Gasteiger partial charge in [-0.05, 0) is 30.7 Å². The average Bonchev–Trinajstić information content (AvgIpc) is 2.50. The molecule has 0 aliphatic heterocycles. The number of para-hydroxylation sites is 2. The summed E-state index contributed by atoms with van der Waals surface area (Å²) in [4.78, 5) is 23.8. The van der Waals surface area contributed by atoms with E-state index in [1.54, 1.807) is 30.3 Å². The van der Waals surface area contributed by atoms with Gasteiger partial charge >= 0.3 is 0 Å². The highest BCUT2D eigenvalue weighted by Crippen LogP contribution is 2.15. The lowest BCUT2D eigenvalue weighted by molar-refractivity contribution is -0.123. The van der Waals surface area contributed by atoms with Crippen LogP contribution in [0, 0.1) is 18.3 Å². The largest absolute Gasteiger partial charge is 0.325 e. The number of hydrogen-bond acceptors (Lipinski definition) is 3. The number of rotatable bonds is 4. The van der Waals surface area contributed by atoms with E-state index in [1.165, 1.54) is 0 Å². The van der Waals surface area contributed by atoms with Crippen molar-refractivity contribution >= 4 is 23.2 Å². The maximum absolute atomic E-state index is 11.9. The van der Waals surface area contributed by atoms with Crippen molar-refractivity contribution in [2.45, 2.75) is 13.3 Å². The molecule has 0 saturated carbocycles. The van der Waals surface area contributed by atoms with E-state index in [2.05, 4.69) is 10.6 Å². The third-order valence-corrected chi connectivity index (χ3v) is 3.06. The van der Waals surface area contributed by atoms with E-state index in [1.807, 2.05) is 31.2 Å². The first kappa shape index (κ1) is 15.3. The van der Waals surface area contributed by atoms with Crippen LogP contribution in [0.4, 0.5) is 11.4 Å². The molecule has 0 aliphatic carbocycles. The predicted molar refractivity (Wildman–Crippen MR) is 84.2 cm³/mol. The first-order chi connectivity index (χ1) is 10.6. The summed E-state index contributed by atoms with van der Waals surface area (Å²) >= 11 is 0. The first-order valence-corrected chi connectivity index (χ1v) is 6.74. The van der Waals surface area contributed by atoms with Gasteiger partial charge < -0.3 is 10.6 Å². The van der Waals surface area contributed by atoms with Crippen molar-refractivity contribution in [1.29, 1.82) is 5.26 Å². The number of nitrogens with one attached hydrogen (secondary N) is 2. The quantitative estimate of drug-likeness (QED) is 0.850. The standard InChI is InChI=1S/C17H15N3O2/c1-12-6-2-4-8-14(12)19-16(21)10-17(22)20-15-9-5-3-7-13(15)11-18/h2-9H,10H2,1H3,(H,19,21)(H,20,22). The molecule has 22 heavy (non-hydrogen) atoms. The molecule has 0 radical (unpaired) electrons. The number of benzene rings is 2. The Labute approximate surface area is 128 Å². The van der Waals surface area contributed by atoms with Crippen molar-refractivity contribution in [2.75, 3.05) is 10.6 Å². The molecule has 5 heteroatoms. The highest BCUT2D eigenvalue weighted by molar-refractivity contribution is 6.08. The monoisotopic (exact) mass is 293 g/mol. The van der Waals surface area contributed by atoms with Crippen LogP contribution in [0.25, 0.3) is 0 Å². The van der Waals surface area contributed by atoms with E-state index in [-0.39, 0.29) is 6.42 Å². The lowest BCUT2D eigenvalue weighted by Gasteiger charge is -2.09. The van der Waals surface area contributed by atoms with E-state index in [0.29, 0.717) is 16.9 Å². The van der Waals surface area contributed by atoms with Crippen LogP contribution >= 0.6 is 0 Å². The van der Waals surface area contributed by atoms with Gasteiger partial charge in [0, 0.05) is 5.69 Å². The smallest absolute Gasteiger partial charge is 0.233 e. The topological polar surface area (TPSA) is 82.0 Å². The van der Waals surface area contributed by atoms with Crippen molar-refractivity contribution in [1.82, 2.24) is 0 Å². The number of anilines is 2. The summed E-state index contributed by atoms with van der Waals surface area (Å²) in [5, 5.41) is 14.2. The second-order valence-corrected chi connectivity index (χ2v) is 4.75. The third kappa shape index (κ3) is 3.93. The summed E-state index contributed by atoms with van der Waals surface area (Å²) in [6.45, 7) is 1.87. The van der Waals surface area contributed by atoms with Gasteiger partial charge in [-0.3, -0.25) is 9.59 Å². The van der Waals surface area contributed by atoms with Crippen LogP contribution in [0.3, 0.4) is 0 Å². The van der Waals surface area contributed by atoms with Crippen LogP contribution in [-0.4, -0.2) is 11.8 Å². The molecule has 0 aliphatic rings. The number of amides is 2. The van der Waals surface area contributed by atoms with Crippen molar-refractivity contribution in [2.24, 2.45) is 0 Å². The summed E-state index contributed by atoms with van der Waals surface area (Å²) in [5.41, 5.74) is 2.36. The Bertz CT molecular complexity index is 748. The van der Waals surface area contributed by atoms with E-state index in [0.717, 1.165) is 5.56 Å². The van der Waals surface area contributed by atoms with Crippen molar-refractivity contribution in [3.63, 3.8) is 0 Å². The van der Waals surface area contributed by atoms with Gasteiger partial charge in [-0.15, -0.1) is 0 Å². The Morgan fingerprint density at radius 3 is 2.14 bits per heavy atom. The molecule has 0 heterocycles. The molecule has 2 N–H and O–H groups in total. The second-order valence-electron chi connectivity index (χ2n) is 4.75. The van der Waals surface area contributed by atoms with Gasteiger partial charge in [0.2, 0.25) is 11.8 Å². The minimum absolute atomic E-state index is 0.311. The molecule has 110 valence electrons. The molecule has 2 amide bonds. The normalized spacial score (nSPS) is 9.64. The number of nitriles is 1. The number of carbonyl (C=O) groups excluding carboxylic acids is 2. The van der Waals surface area contributed by atoms with E-state index in [4.69, 9.17) is 5.26 Å². The third-order valence-electron chi connectivity index (χ3n) is 3.06. The van der Waals surface area contributed by atoms with Gasteiger partial charge in [0.15, 0.2) is 0 Å². The Hall–Kier alpha value is -3.13.